The Morgan fingerprint density at radius 1 is 1.50 bits per heavy atom. The van der Waals surface area contributed by atoms with Gasteiger partial charge in [-0.05, 0) is 18.8 Å². The molecule has 0 amide bonds. The van der Waals surface area contributed by atoms with Crippen LogP contribution < -0.4 is 10.5 Å². The molecule has 2 atom stereocenters. The van der Waals surface area contributed by atoms with Gasteiger partial charge in [0.15, 0.2) is 5.00 Å². The number of nitro groups is 1. The van der Waals surface area contributed by atoms with E-state index in [1.807, 2.05) is 0 Å². The van der Waals surface area contributed by atoms with Crippen LogP contribution in [0.4, 0.5) is 10.7 Å². The number of thiophene rings is 1. The predicted molar refractivity (Wildman–Crippen MR) is 77.1 cm³/mol. The number of sulfonamides is 1. The van der Waals surface area contributed by atoms with Crippen LogP contribution in [0.3, 0.4) is 0 Å². The van der Waals surface area contributed by atoms with Crippen molar-refractivity contribution in [1.29, 1.82) is 0 Å². The van der Waals surface area contributed by atoms with E-state index < -0.39 is 14.9 Å². The first-order chi connectivity index (χ1) is 9.29. The monoisotopic (exact) mass is 319 g/mol. The molecule has 2 unspecified atom stereocenters. The van der Waals surface area contributed by atoms with Crippen molar-refractivity contribution in [1.82, 2.24) is 4.72 Å². The van der Waals surface area contributed by atoms with Gasteiger partial charge in [-0.2, -0.15) is 0 Å². The van der Waals surface area contributed by atoms with Crippen molar-refractivity contribution >= 4 is 32.0 Å². The topological polar surface area (TPSA) is 115 Å². The van der Waals surface area contributed by atoms with Gasteiger partial charge in [-0.3, -0.25) is 10.1 Å². The second-order valence-electron chi connectivity index (χ2n) is 5.16. The van der Waals surface area contributed by atoms with Crippen LogP contribution in [0, 0.1) is 16.0 Å². The first-order valence-corrected chi connectivity index (χ1v) is 8.65. The maximum Gasteiger partial charge on any atom is 0.304 e. The fraction of sp³-hybridized carbons (Fsp3) is 0.636. The summed E-state index contributed by atoms with van der Waals surface area (Å²) in [5.74, 6) is 0.485. The molecular weight excluding hydrogens is 302 g/mol. The highest BCUT2D eigenvalue weighted by Crippen LogP contribution is 2.35. The predicted octanol–water partition coefficient (Wildman–Crippen LogP) is 2.10. The molecule has 0 saturated heterocycles. The van der Waals surface area contributed by atoms with Crippen molar-refractivity contribution in [3.8, 4) is 0 Å². The number of nitrogen functional groups attached to an aromatic ring is 1. The zero-order valence-electron chi connectivity index (χ0n) is 11.0. The van der Waals surface area contributed by atoms with Crippen LogP contribution in [-0.4, -0.2) is 19.4 Å². The van der Waals surface area contributed by atoms with Gasteiger partial charge in [-0.25, -0.2) is 13.1 Å². The van der Waals surface area contributed by atoms with E-state index >= 15 is 0 Å². The summed E-state index contributed by atoms with van der Waals surface area (Å²) in [5, 5.41) is 10.6. The van der Waals surface area contributed by atoms with E-state index in [1.165, 1.54) is 0 Å². The van der Waals surface area contributed by atoms with E-state index in [1.54, 1.807) is 0 Å². The lowest BCUT2D eigenvalue weighted by atomic mass is 9.88. The average Bonchev–Trinajstić information content (AvgIpc) is 2.71. The van der Waals surface area contributed by atoms with Gasteiger partial charge in [0.25, 0.3) is 10.0 Å². The summed E-state index contributed by atoms with van der Waals surface area (Å²) in [4.78, 5) is 10.0. The Labute approximate surface area is 121 Å². The van der Waals surface area contributed by atoms with Crippen LogP contribution in [-0.2, 0) is 10.0 Å². The molecule has 0 aliphatic heterocycles. The van der Waals surface area contributed by atoms with Gasteiger partial charge < -0.3 is 5.73 Å². The molecule has 7 nitrogen and oxygen atoms in total. The highest BCUT2D eigenvalue weighted by atomic mass is 32.2. The quantitative estimate of drug-likeness (QED) is 0.651. The van der Waals surface area contributed by atoms with E-state index in [-0.39, 0.29) is 20.9 Å². The molecular formula is C11H17N3O4S2. The van der Waals surface area contributed by atoms with Gasteiger partial charge in [0.2, 0.25) is 0 Å². The van der Waals surface area contributed by atoms with Crippen molar-refractivity contribution in [2.75, 3.05) is 5.73 Å². The van der Waals surface area contributed by atoms with E-state index in [2.05, 4.69) is 11.6 Å². The van der Waals surface area contributed by atoms with Crippen LogP contribution in [0.25, 0.3) is 0 Å². The maximum absolute atomic E-state index is 12.2. The second-order valence-corrected chi connectivity index (χ2v) is 8.19. The molecule has 3 N–H and O–H groups in total. The first-order valence-electron chi connectivity index (χ1n) is 6.35. The third-order valence-electron chi connectivity index (χ3n) is 3.44. The molecule has 0 bridgehead atoms. The lowest BCUT2D eigenvalue weighted by molar-refractivity contribution is -0.383. The van der Waals surface area contributed by atoms with Crippen LogP contribution in [0.5, 0.6) is 0 Å². The third-order valence-corrected chi connectivity index (χ3v) is 6.38. The van der Waals surface area contributed by atoms with E-state index in [0.717, 1.165) is 43.1 Å². The smallest absolute Gasteiger partial charge is 0.304 e. The Morgan fingerprint density at radius 3 is 2.75 bits per heavy atom. The fourth-order valence-electron chi connectivity index (χ4n) is 2.47. The minimum absolute atomic E-state index is 0.0904. The molecule has 0 spiro atoms. The minimum Gasteiger partial charge on any atom is -0.385 e. The maximum atomic E-state index is 12.2. The lowest BCUT2D eigenvalue weighted by Gasteiger charge is -2.26. The zero-order chi connectivity index (χ0) is 14.9. The molecule has 1 heterocycles. The van der Waals surface area contributed by atoms with Crippen LogP contribution in [0.2, 0.25) is 0 Å². The number of nitrogens with zero attached hydrogens (tertiary/aromatic N) is 1. The average molecular weight is 319 g/mol. The molecule has 1 aromatic rings. The number of hydrogen-bond donors (Lipinski definition) is 2. The van der Waals surface area contributed by atoms with Gasteiger partial charge in [0, 0.05) is 12.1 Å². The van der Waals surface area contributed by atoms with Crippen molar-refractivity contribution in [2.24, 2.45) is 5.92 Å². The molecule has 1 aliphatic carbocycles. The van der Waals surface area contributed by atoms with Crippen molar-refractivity contribution in [2.45, 2.75) is 42.9 Å². The zero-order valence-corrected chi connectivity index (χ0v) is 12.7. The standard InChI is InChI=1S/C11H17N3O4S2/c1-7-3-2-4-8(5-7)13-20(17,18)10-6-9(14(15)16)11(12)19-10/h6-8,13H,2-5,12H2,1H3. The highest BCUT2D eigenvalue weighted by molar-refractivity contribution is 7.91. The molecule has 1 saturated carbocycles. The Hall–Kier alpha value is -1.19. The van der Waals surface area contributed by atoms with Crippen molar-refractivity contribution in [3.63, 3.8) is 0 Å². The number of nitrogens with two attached hydrogens (primary N) is 1. The van der Waals surface area contributed by atoms with Gasteiger partial charge >= 0.3 is 5.69 Å². The Morgan fingerprint density at radius 2 is 2.20 bits per heavy atom. The largest absolute Gasteiger partial charge is 0.385 e. The SMILES string of the molecule is CC1CCCC(NS(=O)(=O)c2cc([N+](=O)[O-])c(N)s2)C1. The summed E-state index contributed by atoms with van der Waals surface area (Å²) in [6, 6.07) is 0.917. The molecule has 112 valence electrons. The number of rotatable bonds is 4. The Bertz CT molecular complexity index is 611. The van der Waals surface area contributed by atoms with Gasteiger partial charge in [-0.1, -0.05) is 31.1 Å². The van der Waals surface area contributed by atoms with E-state index in [0.29, 0.717) is 5.92 Å². The molecule has 9 heteroatoms. The molecule has 2 rings (SSSR count). The summed E-state index contributed by atoms with van der Waals surface area (Å²) in [6.07, 6.45) is 3.69. The number of nitrogens with one attached hydrogen (secondary N) is 1. The summed E-state index contributed by atoms with van der Waals surface area (Å²) in [7, 11) is -3.73. The Balaban J connectivity index is 2.18. The van der Waals surface area contributed by atoms with Crippen LogP contribution in [0.1, 0.15) is 32.6 Å². The summed E-state index contributed by atoms with van der Waals surface area (Å²) >= 11 is 0.725. The summed E-state index contributed by atoms with van der Waals surface area (Å²) < 4.78 is 27.0. The van der Waals surface area contributed by atoms with Crippen LogP contribution in [0.15, 0.2) is 10.3 Å². The van der Waals surface area contributed by atoms with Crippen molar-refractivity contribution < 1.29 is 13.3 Å². The minimum atomic E-state index is -3.73. The van der Waals surface area contributed by atoms with Crippen LogP contribution >= 0.6 is 11.3 Å². The molecule has 20 heavy (non-hydrogen) atoms. The number of anilines is 1. The molecule has 1 aliphatic rings. The molecule has 1 fully saturated rings. The molecule has 1 aromatic heterocycles. The van der Waals surface area contributed by atoms with Gasteiger partial charge in [-0.15, -0.1) is 0 Å². The summed E-state index contributed by atoms with van der Waals surface area (Å²) in [5.41, 5.74) is 5.12. The van der Waals surface area contributed by atoms with Crippen molar-refractivity contribution in [3.05, 3.63) is 16.2 Å². The molecule has 0 radical (unpaired) electrons. The van der Waals surface area contributed by atoms with E-state index in [4.69, 9.17) is 5.73 Å². The van der Waals surface area contributed by atoms with Gasteiger partial charge in [0.1, 0.15) is 4.21 Å². The van der Waals surface area contributed by atoms with Gasteiger partial charge in [0.05, 0.1) is 4.92 Å². The first kappa shape index (κ1) is 15.2. The molecule has 0 aromatic carbocycles. The Kier molecular flexibility index (Phi) is 4.31. The second kappa shape index (κ2) is 5.66. The van der Waals surface area contributed by atoms with E-state index in [9.17, 15) is 18.5 Å². The lowest BCUT2D eigenvalue weighted by Crippen LogP contribution is -2.37. The fourth-order valence-corrected chi connectivity index (χ4v) is 4.98. The third kappa shape index (κ3) is 3.28. The summed E-state index contributed by atoms with van der Waals surface area (Å²) in [6.45, 7) is 2.09. The normalized spacial score (nSPS) is 23.6. The number of hydrogen-bond acceptors (Lipinski definition) is 6. The highest BCUT2D eigenvalue weighted by Gasteiger charge is 2.28.